The van der Waals surface area contributed by atoms with Gasteiger partial charge in [-0.2, -0.15) is 0 Å². The molecule has 198 valence electrons. The van der Waals surface area contributed by atoms with Gasteiger partial charge in [-0.05, 0) is 95.3 Å². The number of nitrogens with zero attached hydrogens (tertiary/aromatic N) is 3. The minimum Gasteiger partial charge on any atom is -0.493 e. The molecule has 3 heterocycles. The van der Waals surface area contributed by atoms with Gasteiger partial charge in [0.2, 0.25) is 0 Å². The summed E-state index contributed by atoms with van der Waals surface area (Å²) >= 11 is 3.65. The summed E-state index contributed by atoms with van der Waals surface area (Å²) in [5.41, 5.74) is 5.21. The molecule has 5 rings (SSSR count). The Hall–Kier alpha value is -3.36. The van der Waals surface area contributed by atoms with Gasteiger partial charge in [0.1, 0.15) is 5.65 Å². The third kappa shape index (κ3) is 5.56. The van der Waals surface area contributed by atoms with Gasteiger partial charge in [-0.25, -0.2) is 4.98 Å². The Balaban J connectivity index is 1.14. The van der Waals surface area contributed by atoms with Gasteiger partial charge in [-0.3, -0.25) is 9.69 Å². The fourth-order valence-electron chi connectivity index (χ4n) is 5.23. The Bertz CT molecular complexity index is 1430. The van der Waals surface area contributed by atoms with Gasteiger partial charge in [0.15, 0.2) is 11.5 Å². The minimum absolute atomic E-state index is 0.0859. The number of fused-ring (bicyclic) bond motifs is 1. The number of likely N-dealkylation sites (tertiary alicyclic amines) is 1. The molecule has 0 unspecified atom stereocenters. The second-order valence-electron chi connectivity index (χ2n) is 9.77. The number of aromatic nitrogens is 2. The second kappa shape index (κ2) is 11.6. The molecule has 0 saturated carbocycles. The van der Waals surface area contributed by atoms with Crippen molar-refractivity contribution in [3.05, 3.63) is 87.7 Å². The van der Waals surface area contributed by atoms with Crippen molar-refractivity contribution in [2.75, 3.05) is 27.3 Å². The summed E-state index contributed by atoms with van der Waals surface area (Å²) < 4.78 is 13.9. The van der Waals surface area contributed by atoms with Crippen LogP contribution in [0.3, 0.4) is 0 Å². The lowest BCUT2D eigenvalue weighted by molar-refractivity contribution is 0.0951. The van der Waals surface area contributed by atoms with Crippen LogP contribution in [-0.2, 0) is 20.1 Å². The van der Waals surface area contributed by atoms with Crippen molar-refractivity contribution < 1.29 is 14.3 Å². The van der Waals surface area contributed by atoms with Crippen molar-refractivity contribution in [2.24, 2.45) is 7.05 Å². The van der Waals surface area contributed by atoms with E-state index in [1.165, 1.54) is 11.3 Å². The van der Waals surface area contributed by atoms with Crippen LogP contribution in [0.2, 0.25) is 0 Å². The summed E-state index contributed by atoms with van der Waals surface area (Å²) in [5.74, 6) is 1.75. The molecule has 1 saturated heterocycles. The van der Waals surface area contributed by atoms with Crippen LogP contribution >= 0.6 is 15.9 Å². The van der Waals surface area contributed by atoms with Crippen molar-refractivity contribution in [3.63, 3.8) is 0 Å². The second-order valence-corrected chi connectivity index (χ2v) is 10.6. The zero-order chi connectivity index (χ0) is 26.6. The van der Waals surface area contributed by atoms with Crippen molar-refractivity contribution in [3.8, 4) is 11.5 Å². The molecular weight excluding hydrogens is 544 g/mol. The molecule has 0 atom stereocenters. The molecule has 1 aliphatic rings. The number of benzene rings is 2. The van der Waals surface area contributed by atoms with Gasteiger partial charge in [0.05, 0.1) is 14.2 Å². The molecule has 1 N–H and O–H groups in total. The monoisotopic (exact) mass is 576 g/mol. The van der Waals surface area contributed by atoms with Crippen LogP contribution in [0.1, 0.15) is 45.9 Å². The molecule has 1 aliphatic heterocycles. The highest BCUT2D eigenvalue weighted by molar-refractivity contribution is 9.10. The maximum absolute atomic E-state index is 12.7. The predicted octanol–water partition coefficient (Wildman–Crippen LogP) is 5.66. The Morgan fingerprint density at radius 2 is 1.76 bits per heavy atom. The first kappa shape index (κ1) is 26.3. The summed E-state index contributed by atoms with van der Waals surface area (Å²) in [6.07, 6.45) is 4.06. The van der Waals surface area contributed by atoms with E-state index in [-0.39, 0.29) is 5.91 Å². The number of pyridine rings is 1. The third-order valence-corrected chi connectivity index (χ3v) is 8.19. The van der Waals surface area contributed by atoms with E-state index < -0.39 is 0 Å². The molecule has 8 heteroatoms. The molecule has 0 aliphatic carbocycles. The van der Waals surface area contributed by atoms with E-state index in [1.54, 1.807) is 14.2 Å². The maximum atomic E-state index is 12.7. The smallest absolute Gasteiger partial charge is 0.251 e. The summed E-state index contributed by atoms with van der Waals surface area (Å²) in [5, 5.41) is 4.16. The number of carbonyl (C=O) groups excluding carboxylic acids is 1. The van der Waals surface area contributed by atoms with Gasteiger partial charge in [-0.15, -0.1) is 0 Å². The third-order valence-electron chi connectivity index (χ3n) is 7.49. The minimum atomic E-state index is -0.0859. The molecule has 0 radical (unpaired) electrons. The highest BCUT2D eigenvalue weighted by atomic mass is 79.9. The van der Waals surface area contributed by atoms with Crippen molar-refractivity contribution in [2.45, 2.75) is 31.8 Å². The first-order valence-electron chi connectivity index (χ1n) is 12.9. The van der Waals surface area contributed by atoms with Crippen LogP contribution in [0.15, 0.2) is 65.3 Å². The van der Waals surface area contributed by atoms with E-state index in [2.05, 4.69) is 60.9 Å². The average Bonchev–Trinajstić information content (AvgIpc) is 3.28. The maximum Gasteiger partial charge on any atom is 0.251 e. The number of hydrogen-bond donors (Lipinski definition) is 1. The average molecular weight is 578 g/mol. The lowest BCUT2D eigenvalue weighted by Gasteiger charge is -2.32. The fourth-order valence-corrected chi connectivity index (χ4v) is 5.64. The van der Waals surface area contributed by atoms with Gasteiger partial charge in [-0.1, -0.05) is 18.2 Å². The molecular formula is C30H33BrN4O3. The normalized spacial score (nSPS) is 14.5. The SMILES string of the molecule is COc1ccc(CNC(=O)c2ccc(C3CCN(Cc4cc5c(Br)ccnc5n4C)CC3)cc2)cc1OC. The van der Waals surface area contributed by atoms with Gasteiger partial charge in [0, 0.05) is 47.5 Å². The number of methoxy groups -OCH3 is 2. The van der Waals surface area contributed by atoms with Crippen LogP contribution in [0.4, 0.5) is 0 Å². The van der Waals surface area contributed by atoms with Crippen molar-refractivity contribution in [1.82, 2.24) is 19.8 Å². The van der Waals surface area contributed by atoms with Gasteiger partial charge < -0.3 is 19.4 Å². The standard InChI is InChI=1S/C30H33BrN4O3/c1-34-24(17-25-26(31)10-13-32-29(25)34)19-35-14-11-22(12-15-35)21-5-7-23(8-6-21)30(36)33-18-20-4-9-27(37-2)28(16-20)38-3/h4-10,13,16-17,22H,11-12,14-15,18-19H2,1-3H3,(H,33,36). The van der Waals surface area contributed by atoms with Crippen molar-refractivity contribution in [1.29, 1.82) is 0 Å². The quantitative estimate of drug-likeness (QED) is 0.293. The number of piperidine rings is 1. The molecule has 2 aromatic carbocycles. The first-order valence-corrected chi connectivity index (χ1v) is 13.7. The Labute approximate surface area is 231 Å². The van der Waals surface area contributed by atoms with Crippen LogP contribution < -0.4 is 14.8 Å². The number of rotatable bonds is 8. The molecule has 7 nitrogen and oxygen atoms in total. The topological polar surface area (TPSA) is 68.6 Å². The van der Waals surface area contributed by atoms with Crippen LogP contribution in [-0.4, -0.2) is 47.7 Å². The summed E-state index contributed by atoms with van der Waals surface area (Å²) in [6.45, 7) is 3.44. The number of carbonyl (C=O) groups is 1. The number of amides is 1. The summed E-state index contributed by atoms with van der Waals surface area (Å²) in [6, 6.07) is 18.0. The van der Waals surface area contributed by atoms with Crippen LogP contribution in [0.5, 0.6) is 11.5 Å². The number of aryl methyl sites for hydroxylation is 1. The van der Waals surface area contributed by atoms with E-state index in [1.807, 2.05) is 42.6 Å². The molecule has 1 amide bonds. The Morgan fingerprint density at radius 3 is 2.45 bits per heavy atom. The zero-order valence-corrected chi connectivity index (χ0v) is 23.6. The highest BCUT2D eigenvalue weighted by Crippen LogP contribution is 2.31. The molecule has 38 heavy (non-hydrogen) atoms. The number of nitrogens with one attached hydrogen (secondary N) is 1. The predicted molar refractivity (Wildman–Crippen MR) is 153 cm³/mol. The summed E-state index contributed by atoms with van der Waals surface area (Å²) in [4.78, 5) is 19.8. The van der Waals surface area contributed by atoms with E-state index in [9.17, 15) is 4.79 Å². The van der Waals surface area contributed by atoms with E-state index in [0.717, 1.165) is 53.5 Å². The molecule has 4 aromatic rings. The molecule has 1 fully saturated rings. The van der Waals surface area contributed by atoms with Gasteiger partial charge in [0.25, 0.3) is 5.91 Å². The molecule has 0 spiro atoms. The van der Waals surface area contributed by atoms with E-state index in [4.69, 9.17) is 9.47 Å². The number of ether oxygens (including phenoxy) is 2. The lowest BCUT2D eigenvalue weighted by Crippen LogP contribution is -2.33. The first-order chi connectivity index (χ1) is 18.5. The van der Waals surface area contributed by atoms with Crippen LogP contribution in [0, 0.1) is 0 Å². The summed E-state index contributed by atoms with van der Waals surface area (Å²) in [7, 11) is 5.30. The van der Waals surface area contributed by atoms with Crippen LogP contribution in [0.25, 0.3) is 11.0 Å². The molecule has 0 bridgehead atoms. The molecule has 2 aromatic heterocycles. The van der Waals surface area contributed by atoms with Crippen molar-refractivity contribution >= 4 is 32.9 Å². The van der Waals surface area contributed by atoms with Gasteiger partial charge >= 0.3 is 0 Å². The fraction of sp³-hybridized carbons (Fsp3) is 0.333. The van der Waals surface area contributed by atoms with E-state index in [0.29, 0.717) is 29.5 Å². The lowest BCUT2D eigenvalue weighted by atomic mass is 9.89. The highest BCUT2D eigenvalue weighted by Gasteiger charge is 2.22. The Kier molecular flexibility index (Phi) is 8.00. The van der Waals surface area contributed by atoms with E-state index >= 15 is 0 Å². The zero-order valence-electron chi connectivity index (χ0n) is 22.0. The number of halogens is 1. The largest absolute Gasteiger partial charge is 0.493 e. The number of hydrogen-bond acceptors (Lipinski definition) is 5. The Morgan fingerprint density at radius 1 is 1.03 bits per heavy atom.